The number of benzene rings is 1. The van der Waals surface area contributed by atoms with E-state index in [0.717, 1.165) is 5.56 Å². The van der Waals surface area contributed by atoms with Gasteiger partial charge in [0.05, 0.1) is 5.56 Å². The van der Waals surface area contributed by atoms with E-state index >= 15 is 0 Å². The molecule has 6 nitrogen and oxygen atoms in total. The molecule has 2 aromatic rings. The number of aromatic nitrogens is 1. The number of aromatic amines is 1. The van der Waals surface area contributed by atoms with Crippen molar-refractivity contribution in [3.8, 4) is 0 Å². The van der Waals surface area contributed by atoms with Gasteiger partial charge in [-0.3, -0.25) is 14.4 Å². The number of alkyl halides is 3. The number of H-pyrrole nitrogens is 1. The van der Waals surface area contributed by atoms with E-state index in [4.69, 9.17) is 0 Å². The average molecular weight is 339 g/mol. The summed E-state index contributed by atoms with van der Waals surface area (Å²) in [5.74, 6) is -2.31. The number of carbonyl (C=O) groups excluding carboxylic acids is 2. The summed E-state index contributed by atoms with van der Waals surface area (Å²) in [6.07, 6.45) is -4.22. The standard InChI is InChI=1S/C15H12F3N3O3/c16-15(17,18)10-6-11(12(22)20-8-10)21-14(24)13(23)19-7-9-4-2-1-3-5-9/h1-6,8H,7H2,(H,19,23)(H,20,22)(H,21,24). The van der Waals surface area contributed by atoms with Crippen molar-refractivity contribution in [3.63, 3.8) is 0 Å². The zero-order chi connectivity index (χ0) is 17.7. The molecule has 9 heteroatoms. The van der Waals surface area contributed by atoms with E-state index < -0.39 is 34.8 Å². The van der Waals surface area contributed by atoms with E-state index in [1.165, 1.54) is 0 Å². The number of anilines is 1. The lowest BCUT2D eigenvalue weighted by molar-refractivity contribution is -0.137. The van der Waals surface area contributed by atoms with E-state index in [1.807, 2.05) is 10.3 Å². The van der Waals surface area contributed by atoms with Gasteiger partial charge >= 0.3 is 18.0 Å². The van der Waals surface area contributed by atoms with Gasteiger partial charge in [-0.2, -0.15) is 13.2 Å². The molecule has 2 amide bonds. The molecular formula is C15H12F3N3O3. The molecule has 0 radical (unpaired) electrons. The Kier molecular flexibility index (Phi) is 5.02. The lowest BCUT2D eigenvalue weighted by Crippen LogP contribution is -2.36. The van der Waals surface area contributed by atoms with Crippen molar-refractivity contribution in [2.75, 3.05) is 5.32 Å². The second-order valence-corrected chi connectivity index (χ2v) is 4.75. The minimum absolute atomic E-state index is 0.0615. The molecule has 24 heavy (non-hydrogen) atoms. The number of rotatable bonds is 3. The van der Waals surface area contributed by atoms with Gasteiger partial charge < -0.3 is 15.6 Å². The second kappa shape index (κ2) is 6.99. The van der Waals surface area contributed by atoms with Crippen molar-refractivity contribution < 1.29 is 22.8 Å². The van der Waals surface area contributed by atoms with E-state index in [-0.39, 0.29) is 6.54 Å². The molecule has 3 N–H and O–H groups in total. The molecule has 0 aliphatic carbocycles. The van der Waals surface area contributed by atoms with Crippen LogP contribution in [0, 0.1) is 0 Å². The summed E-state index contributed by atoms with van der Waals surface area (Å²) in [6, 6.07) is 9.15. The predicted molar refractivity (Wildman–Crippen MR) is 79.0 cm³/mol. The highest BCUT2D eigenvalue weighted by Gasteiger charge is 2.31. The van der Waals surface area contributed by atoms with Crippen LogP contribution >= 0.6 is 0 Å². The molecule has 2 rings (SSSR count). The maximum atomic E-state index is 12.6. The van der Waals surface area contributed by atoms with Gasteiger partial charge in [0, 0.05) is 12.7 Å². The third kappa shape index (κ3) is 4.45. The summed E-state index contributed by atoms with van der Waals surface area (Å²) in [5, 5.41) is 4.16. The largest absolute Gasteiger partial charge is 0.417 e. The summed E-state index contributed by atoms with van der Waals surface area (Å²) in [4.78, 5) is 36.7. The van der Waals surface area contributed by atoms with Gasteiger partial charge in [-0.25, -0.2) is 0 Å². The van der Waals surface area contributed by atoms with Crippen LogP contribution in [0.3, 0.4) is 0 Å². The number of carbonyl (C=O) groups is 2. The Morgan fingerprint density at radius 2 is 1.75 bits per heavy atom. The van der Waals surface area contributed by atoms with Gasteiger partial charge in [-0.1, -0.05) is 30.3 Å². The van der Waals surface area contributed by atoms with Crippen LogP contribution in [0.5, 0.6) is 0 Å². The molecule has 0 unspecified atom stereocenters. The SMILES string of the molecule is O=C(NCc1ccccc1)C(=O)Nc1cc(C(F)(F)F)c[nH]c1=O. The third-order valence-electron chi connectivity index (χ3n) is 2.98. The molecule has 0 bridgehead atoms. The number of amides is 2. The third-order valence-corrected chi connectivity index (χ3v) is 2.98. The molecule has 126 valence electrons. The summed E-state index contributed by atoms with van der Waals surface area (Å²) in [5.41, 5.74) is -2.03. The van der Waals surface area contributed by atoms with Crippen LogP contribution in [0.4, 0.5) is 18.9 Å². The van der Waals surface area contributed by atoms with Crippen LogP contribution < -0.4 is 16.2 Å². The summed E-state index contributed by atoms with van der Waals surface area (Å²) in [6.45, 7) is 0.0615. The quantitative estimate of drug-likeness (QED) is 0.743. The fraction of sp³-hybridized carbons (Fsp3) is 0.133. The smallest absolute Gasteiger partial charge is 0.344 e. The number of pyridine rings is 1. The highest BCUT2D eigenvalue weighted by molar-refractivity contribution is 6.39. The van der Waals surface area contributed by atoms with Gasteiger partial charge in [0.25, 0.3) is 5.56 Å². The second-order valence-electron chi connectivity index (χ2n) is 4.75. The topological polar surface area (TPSA) is 91.1 Å². The van der Waals surface area contributed by atoms with E-state index in [9.17, 15) is 27.6 Å². The van der Waals surface area contributed by atoms with Gasteiger partial charge in [0.2, 0.25) is 0 Å². The van der Waals surface area contributed by atoms with Gasteiger partial charge in [-0.15, -0.1) is 0 Å². The number of halogens is 3. The van der Waals surface area contributed by atoms with Crippen LogP contribution in [0.2, 0.25) is 0 Å². The van der Waals surface area contributed by atoms with Crippen molar-refractivity contribution in [1.82, 2.24) is 10.3 Å². The summed E-state index contributed by atoms with van der Waals surface area (Å²) < 4.78 is 37.8. The normalized spacial score (nSPS) is 11.0. The summed E-state index contributed by atoms with van der Waals surface area (Å²) in [7, 11) is 0. The molecule has 0 aliphatic rings. The van der Waals surface area contributed by atoms with E-state index in [1.54, 1.807) is 30.3 Å². The monoisotopic (exact) mass is 339 g/mol. The molecular weight excluding hydrogens is 327 g/mol. The van der Waals surface area contributed by atoms with Crippen molar-refractivity contribution in [3.05, 3.63) is 64.1 Å². The lowest BCUT2D eigenvalue weighted by atomic mass is 10.2. The Labute approximate surface area is 133 Å². The van der Waals surface area contributed by atoms with Crippen molar-refractivity contribution >= 4 is 17.5 Å². The zero-order valence-corrected chi connectivity index (χ0v) is 12.1. The first-order chi connectivity index (χ1) is 11.3. The van der Waals surface area contributed by atoms with Gasteiger partial charge in [-0.05, 0) is 11.6 Å². The van der Waals surface area contributed by atoms with Crippen LogP contribution in [-0.4, -0.2) is 16.8 Å². The zero-order valence-electron chi connectivity index (χ0n) is 12.1. The minimum atomic E-state index is -4.70. The molecule has 1 aromatic heterocycles. The molecule has 0 saturated heterocycles. The van der Waals surface area contributed by atoms with Crippen LogP contribution in [-0.2, 0) is 22.3 Å². The Hall–Kier alpha value is -3.10. The van der Waals surface area contributed by atoms with Crippen LogP contribution in [0.25, 0.3) is 0 Å². The molecule has 0 atom stereocenters. The molecule has 0 spiro atoms. The first-order valence-corrected chi connectivity index (χ1v) is 6.70. The van der Waals surface area contributed by atoms with Crippen molar-refractivity contribution in [2.24, 2.45) is 0 Å². The van der Waals surface area contributed by atoms with E-state index in [2.05, 4.69) is 5.32 Å². The Morgan fingerprint density at radius 1 is 1.08 bits per heavy atom. The number of nitrogens with one attached hydrogen (secondary N) is 3. The van der Waals surface area contributed by atoms with Gasteiger partial charge in [0.1, 0.15) is 5.69 Å². The fourth-order valence-electron chi connectivity index (χ4n) is 1.78. The average Bonchev–Trinajstić information content (AvgIpc) is 2.54. The van der Waals surface area contributed by atoms with E-state index in [0.29, 0.717) is 12.3 Å². The highest BCUT2D eigenvalue weighted by Crippen LogP contribution is 2.29. The maximum absolute atomic E-state index is 12.6. The molecule has 1 heterocycles. The minimum Gasteiger partial charge on any atom is -0.344 e. The molecule has 0 fully saturated rings. The van der Waals surface area contributed by atoms with Crippen LogP contribution in [0.15, 0.2) is 47.4 Å². The summed E-state index contributed by atoms with van der Waals surface area (Å²) >= 11 is 0. The highest BCUT2D eigenvalue weighted by atomic mass is 19.4. The molecule has 1 aromatic carbocycles. The Bertz CT molecular complexity index is 801. The van der Waals surface area contributed by atoms with Crippen LogP contribution in [0.1, 0.15) is 11.1 Å². The number of hydrogen-bond donors (Lipinski definition) is 3. The lowest BCUT2D eigenvalue weighted by Gasteiger charge is -2.09. The molecule has 0 aliphatic heterocycles. The van der Waals surface area contributed by atoms with Crippen molar-refractivity contribution in [2.45, 2.75) is 12.7 Å². The first-order valence-electron chi connectivity index (χ1n) is 6.70. The predicted octanol–water partition coefficient (Wildman–Crippen LogP) is 1.65. The van der Waals surface area contributed by atoms with Crippen molar-refractivity contribution in [1.29, 1.82) is 0 Å². The van der Waals surface area contributed by atoms with Gasteiger partial charge in [0.15, 0.2) is 0 Å². The first kappa shape index (κ1) is 17.3. The fourth-order valence-corrected chi connectivity index (χ4v) is 1.78. The Balaban J connectivity index is 2.03. The number of hydrogen-bond acceptors (Lipinski definition) is 3. The maximum Gasteiger partial charge on any atom is 0.417 e. The molecule has 0 saturated carbocycles. The Morgan fingerprint density at radius 3 is 2.38 bits per heavy atom.